The third kappa shape index (κ3) is 6.04. The van der Waals surface area contributed by atoms with Crippen LogP contribution in [0.4, 0.5) is 0 Å². The van der Waals surface area contributed by atoms with E-state index in [0.717, 1.165) is 31.7 Å². The summed E-state index contributed by atoms with van der Waals surface area (Å²) in [4.78, 5) is 11.0. The number of pyridine rings is 1. The first-order chi connectivity index (χ1) is 9.24. The molecule has 0 saturated carbocycles. The van der Waals surface area contributed by atoms with Gasteiger partial charge < -0.3 is 16.0 Å². The van der Waals surface area contributed by atoms with Crippen molar-refractivity contribution in [1.29, 1.82) is 0 Å². The smallest absolute Gasteiger partial charge is 0.188 e. The van der Waals surface area contributed by atoms with Crippen LogP contribution in [0.15, 0.2) is 29.4 Å². The third-order valence-corrected chi connectivity index (χ3v) is 3.42. The summed E-state index contributed by atoms with van der Waals surface area (Å²) < 4.78 is 0. The Balaban J connectivity index is 0.00000200. The highest BCUT2D eigenvalue weighted by molar-refractivity contribution is 14.0. The average molecular weight is 389 g/mol. The van der Waals surface area contributed by atoms with E-state index in [1.54, 1.807) is 0 Å². The van der Waals surface area contributed by atoms with Gasteiger partial charge in [0.25, 0.3) is 0 Å². The van der Waals surface area contributed by atoms with Gasteiger partial charge in [0.05, 0.1) is 0 Å². The van der Waals surface area contributed by atoms with Crippen molar-refractivity contribution in [2.45, 2.75) is 12.8 Å². The Kier molecular flexibility index (Phi) is 7.83. The first kappa shape index (κ1) is 17.2. The molecule has 1 atom stereocenters. The molecule has 3 N–H and O–H groups in total. The molecule has 0 amide bonds. The number of halogens is 1. The second kappa shape index (κ2) is 9.12. The molecule has 2 heterocycles. The number of hydrogen-bond donors (Lipinski definition) is 2. The van der Waals surface area contributed by atoms with Crippen molar-refractivity contribution >= 4 is 29.9 Å². The Morgan fingerprint density at radius 1 is 1.55 bits per heavy atom. The molecule has 5 nitrogen and oxygen atoms in total. The normalized spacial score (nSPS) is 19.6. The van der Waals surface area contributed by atoms with Gasteiger partial charge >= 0.3 is 0 Å². The number of rotatable bonds is 5. The highest BCUT2D eigenvalue weighted by atomic mass is 127. The molecule has 6 heteroatoms. The van der Waals surface area contributed by atoms with E-state index < -0.39 is 0 Å². The lowest BCUT2D eigenvalue weighted by Crippen LogP contribution is -2.34. The number of likely N-dealkylation sites (tertiary alicyclic amines) is 1. The number of aliphatic imine (C=N–C) groups is 1. The van der Waals surface area contributed by atoms with E-state index >= 15 is 0 Å². The van der Waals surface area contributed by atoms with Crippen LogP contribution >= 0.6 is 24.0 Å². The molecule has 0 spiro atoms. The van der Waals surface area contributed by atoms with Gasteiger partial charge in [-0.1, -0.05) is 6.07 Å². The Morgan fingerprint density at radius 2 is 2.40 bits per heavy atom. The maximum Gasteiger partial charge on any atom is 0.188 e. The minimum absolute atomic E-state index is 0. The van der Waals surface area contributed by atoms with Crippen molar-refractivity contribution in [2.24, 2.45) is 16.6 Å². The van der Waals surface area contributed by atoms with Crippen LogP contribution in [-0.4, -0.2) is 49.1 Å². The Hall–Kier alpha value is -0.890. The molecule has 0 aliphatic carbocycles. The molecule has 0 aromatic carbocycles. The average Bonchev–Trinajstić information content (AvgIpc) is 2.83. The summed E-state index contributed by atoms with van der Waals surface area (Å²) in [6, 6.07) is 5.94. The van der Waals surface area contributed by atoms with Crippen molar-refractivity contribution in [3.8, 4) is 0 Å². The lowest BCUT2D eigenvalue weighted by atomic mass is 10.1. The number of guanidine groups is 1. The summed E-state index contributed by atoms with van der Waals surface area (Å²) in [6.07, 6.45) is 3.90. The summed E-state index contributed by atoms with van der Waals surface area (Å²) in [6.45, 7) is 3.90. The Bertz CT molecular complexity index is 409. The van der Waals surface area contributed by atoms with Crippen LogP contribution in [0.2, 0.25) is 0 Å². The molecule has 1 aliphatic rings. The first-order valence-electron chi connectivity index (χ1n) is 6.86. The largest absolute Gasteiger partial charge is 0.370 e. The van der Waals surface area contributed by atoms with Crippen LogP contribution in [0.25, 0.3) is 0 Å². The van der Waals surface area contributed by atoms with Gasteiger partial charge in [-0.15, -0.1) is 24.0 Å². The van der Waals surface area contributed by atoms with E-state index in [1.165, 1.54) is 13.0 Å². The molecule has 1 aromatic rings. The summed E-state index contributed by atoms with van der Waals surface area (Å²) in [5.74, 6) is 1.20. The predicted octanol–water partition coefficient (Wildman–Crippen LogP) is 1.10. The fourth-order valence-corrected chi connectivity index (χ4v) is 2.32. The first-order valence-corrected chi connectivity index (χ1v) is 6.86. The molecule has 0 radical (unpaired) electrons. The predicted molar refractivity (Wildman–Crippen MR) is 93.5 cm³/mol. The zero-order valence-corrected chi connectivity index (χ0v) is 14.3. The highest BCUT2D eigenvalue weighted by Crippen LogP contribution is 2.13. The Morgan fingerprint density at radius 3 is 3.05 bits per heavy atom. The number of nitrogens with zero attached hydrogens (tertiary/aromatic N) is 3. The van der Waals surface area contributed by atoms with Crippen molar-refractivity contribution in [3.63, 3.8) is 0 Å². The SMILES string of the molecule is CN1CCC(CN=C(N)NCCc2ccccn2)C1.I. The highest BCUT2D eigenvalue weighted by Gasteiger charge is 2.18. The van der Waals surface area contributed by atoms with Gasteiger partial charge in [-0.2, -0.15) is 0 Å². The lowest BCUT2D eigenvalue weighted by Gasteiger charge is -2.09. The minimum atomic E-state index is 0. The Labute approximate surface area is 138 Å². The number of nitrogens with two attached hydrogens (primary N) is 1. The van der Waals surface area contributed by atoms with Crippen molar-refractivity contribution in [3.05, 3.63) is 30.1 Å². The van der Waals surface area contributed by atoms with Crippen LogP contribution in [-0.2, 0) is 6.42 Å². The summed E-state index contributed by atoms with van der Waals surface area (Å²) in [5, 5.41) is 3.14. The summed E-state index contributed by atoms with van der Waals surface area (Å²) in [5.41, 5.74) is 6.93. The number of hydrogen-bond acceptors (Lipinski definition) is 3. The topological polar surface area (TPSA) is 66.5 Å². The monoisotopic (exact) mass is 389 g/mol. The zero-order chi connectivity index (χ0) is 13.5. The molecule has 2 rings (SSSR count). The molecule has 0 bridgehead atoms. The van der Waals surface area contributed by atoms with E-state index in [0.29, 0.717) is 11.9 Å². The van der Waals surface area contributed by atoms with E-state index in [1.807, 2.05) is 24.4 Å². The number of aromatic nitrogens is 1. The van der Waals surface area contributed by atoms with Crippen molar-refractivity contribution in [1.82, 2.24) is 15.2 Å². The molecule has 20 heavy (non-hydrogen) atoms. The maximum absolute atomic E-state index is 5.86. The van der Waals surface area contributed by atoms with E-state index in [2.05, 4.69) is 27.2 Å². The third-order valence-electron chi connectivity index (χ3n) is 3.42. The fourth-order valence-electron chi connectivity index (χ4n) is 2.32. The molecule has 1 fully saturated rings. The molecule has 1 aliphatic heterocycles. The minimum Gasteiger partial charge on any atom is -0.370 e. The summed E-state index contributed by atoms with van der Waals surface area (Å²) >= 11 is 0. The lowest BCUT2D eigenvalue weighted by molar-refractivity contribution is 0.397. The molecule has 1 unspecified atom stereocenters. The second-order valence-electron chi connectivity index (χ2n) is 5.14. The van der Waals surface area contributed by atoms with E-state index in [9.17, 15) is 0 Å². The second-order valence-corrected chi connectivity index (χ2v) is 5.14. The van der Waals surface area contributed by atoms with Crippen LogP contribution < -0.4 is 11.1 Å². The van der Waals surface area contributed by atoms with Gasteiger partial charge in [0, 0.05) is 37.9 Å². The van der Waals surface area contributed by atoms with Gasteiger partial charge in [0.15, 0.2) is 5.96 Å². The van der Waals surface area contributed by atoms with E-state index in [4.69, 9.17) is 5.73 Å². The molecular formula is C14H24IN5. The fraction of sp³-hybridized carbons (Fsp3) is 0.571. The van der Waals surface area contributed by atoms with Gasteiger partial charge in [0.1, 0.15) is 0 Å². The quantitative estimate of drug-likeness (QED) is 0.450. The van der Waals surface area contributed by atoms with Crippen LogP contribution in [0.1, 0.15) is 12.1 Å². The van der Waals surface area contributed by atoms with Crippen LogP contribution in [0, 0.1) is 5.92 Å². The van der Waals surface area contributed by atoms with Gasteiger partial charge in [0.2, 0.25) is 0 Å². The van der Waals surface area contributed by atoms with Gasteiger partial charge in [-0.3, -0.25) is 9.98 Å². The van der Waals surface area contributed by atoms with Crippen LogP contribution in [0.3, 0.4) is 0 Å². The molecular weight excluding hydrogens is 365 g/mol. The standard InChI is InChI=1S/C14H23N5.HI/c1-19-9-6-12(11-19)10-18-14(15)17-8-5-13-4-2-3-7-16-13;/h2-4,7,12H,5-6,8-11H2,1H3,(H3,15,17,18);1H. The number of nitrogens with one attached hydrogen (secondary N) is 1. The van der Waals surface area contributed by atoms with E-state index in [-0.39, 0.29) is 24.0 Å². The van der Waals surface area contributed by atoms with Crippen LogP contribution in [0.5, 0.6) is 0 Å². The van der Waals surface area contributed by atoms with Crippen molar-refractivity contribution in [2.75, 3.05) is 33.2 Å². The zero-order valence-electron chi connectivity index (χ0n) is 12.0. The van der Waals surface area contributed by atoms with Gasteiger partial charge in [-0.05, 0) is 38.1 Å². The van der Waals surface area contributed by atoms with Gasteiger partial charge in [-0.25, -0.2) is 0 Å². The molecule has 1 saturated heterocycles. The molecule has 112 valence electrons. The summed E-state index contributed by atoms with van der Waals surface area (Å²) in [7, 11) is 2.15. The maximum atomic E-state index is 5.86. The molecule has 1 aromatic heterocycles. The van der Waals surface area contributed by atoms with Crippen molar-refractivity contribution < 1.29 is 0 Å².